The molecule has 0 heterocycles. The fourth-order valence-electron chi connectivity index (χ4n) is 4.75. The van der Waals surface area contributed by atoms with Gasteiger partial charge in [-0.2, -0.15) is 0 Å². The third-order valence-corrected chi connectivity index (χ3v) is 6.63. The van der Waals surface area contributed by atoms with Gasteiger partial charge in [-0.3, -0.25) is 4.79 Å². The molecule has 29 heavy (non-hydrogen) atoms. The molecule has 0 radical (unpaired) electrons. The number of carbonyl (C=O) groups excluding carboxylic acids is 1. The molecule has 0 N–H and O–H groups in total. The first-order chi connectivity index (χ1) is 14.0. The van der Waals surface area contributed by atoms with Gasteiger partial charge in [-0.15, -0.1) is 0 Å². The summed E-state index contributed by atoms with van der Waals surface area (Å²) in [5, 5.41) is 0. The van der Waals surface area contributed by atoms with Crippen molar-refractivity contribution < 1.29 is 4.79 Å². The number of carbonyl (C=O) groups is 1. The van der Waals surface area contributed by atoms with E-state index in [4.69, 9.17) is 0 Å². The zero-order chi connectivity index (χ0) is 20.4. The summed E-state index contributed by atoms with van der Waals surface area (Å²) in [6.45, 7) is 4.25. The first kappa shape index (κ1) is 19.8. The van der Waals surface area contributed by atoms with Gasteiger partial charge in [0.1, 0.15) is 0 Å². The Hall–Kier alpha value is -2.45. The van der Waals surface area contributed by atoms with Crippen molar-refractivity contribution in [2.45, 2.75) is 25.7 Å². The van der Waals surface area contributed by atoms with E-state index in [1.165, 1.54) is 16.7 Å². The van der Waals surface area contributed by atoms with Crippen LogP contribution in [0.1, 0.15) is 41.8 Å². The molecule has 146 valence electrons. The SMILES string of the molecule is CC(C)=CC1C(C(=O)c2ccc(Br)cc2)CC1(c1ccccc1)c1ccccc1. The Balaban J connectivity index is 1.81. The predicted octanol–water partition coefficient (Wildman–Crippen LogP) is 7.22. The number of hydrogen-bond donors (Lipinski definition) is 0. The molecule has 1 saturated carbocycles. The molecule has 0 amide bonds. The Morgan fingerprint density at radius 3 is 1.86 bits per heavy atom. The van der Waals surface area contributed by atoms with Crippen molar-refractivity contribution in [1.82, 2.24) is 0 Å². The molecule has 0 bridgehead atoms. The fraction of sp³-hybridized carbons (Fsp3) is 0.222. The van der Waals surface area contributed by atoms with Gasteiger partial charge in [0.25, 0.3) is 0 Å². The molecular formula is C27H25BrO. The maximum absolute atomic E-state index is 13.4. The van der Waals surface area contributed by atoms with Gasteiger partial charge in [0, 0.05) is 27.3 Å². The van der Waals surface area contributed by atoms with Gasteiger partial charge in [0.2, 0.25) is 0 Å². The molecule has 1 fully saturated rings. The summed E-state index contributed by atoms with van der Waals surface area (Å²) in [5.41, 5.74) is 4.44. The lowest BCUT2D eigenvalue weighted by atomic mass is 9.47. The van der Waals surface area contributed by atoms with E-state index in [1.54, 1.807) is 0 Å². The van der Waals surface area contributed by atoms with Gasteiger partial charge in [-0.1, -0.05) is 100 Å². The van der Waals surface area contributed by atoms with E-state index >= 15 is 0 Å². The maximum atomic E-state index is 13.4. The monoisotopic (exact) mass is 444 g/mol. The van der Waals surface area contributed by atoms with E-state index in [2.05, 4.69) is 96.5 Å². The third-order valence-electron chi connectivity index (χ3n) is 6.10. The average molecular weight is 445 g/mol. The predicted molar refractivity (Wildman–Crippen MR) is 123 cm³/mol. The fourth-order valence-corrected chi connectivity index (χ4v) is 5.02. The molecule has 0 aromatic heterocycles. The Labute approximate surface area is 181 Å². The van der Waals surface area contributed by atoms with Crippen molar-refractivity contribution >= 4 is 21.7 Å². The number of benzene rings is 3. The van der Waals surface area contributed by atoms with Gasteiger partial charge in [-0.25, -0.2) is 0 Å². The molecule has 3 aromatic carbocycles. The van der Waals surface area contributed by atoms with Crippen LogP contribution in [0.5, 0.6) is 0 Å². The van der Waals surface area contributed by atoms with Crippen molar-refractivity contribution in [3.8, 4) is 0 Å². The first-order valence-corrected chi connectivity index (χ1v) is 10.9. The van der Waals surface area contributed by atoms with E-state index < -0.39 is 0 Å². The van der Waals surface area contributed by atoms with Crippen LogP contribution in [0.15, 0.2) is 101 Å². The minimum atomic E-state index is -0.171. The molecule has 0 saturated heterocycles. The van der Waals surface area contributed by atoms with Crippen LogP contribution >= 0.6 is 15.9 Å². The summed E-state index contributed by atoms with van der Waals surface area (Å²) in [6, 6.07) is 29.1. The zero-order valence-corrected chi connectivity index (χ0v) is 18.4. The molecule has 0 spiro atoms. The molecule has 1 aliphatic carbocycles. The molecule has 1 aliphatic rings. The molecule has 2 atom stereocenters. The van der Waals surface area contributed by atoms with Gasteiger partial charge in [-0.05, 0) is 43.5 Å². The second-order valence-corrected chi connectivity index (χ2v) is 9.07. The number of hydrogen-bond acceptors (Lipinski definition) is 1. The number of rotatable bonds is 5. The summed E-state index contributed by atoms with van der Waals surface area (Å²) in [5.74, 6) is 0.349. The molecule has 3 aromatic rings. The lowest BCUT2D eigenvalue weighted by Crippen LogP contribution is -2.54. The van der Waals surface area contributed by atoms with Crippen molar-refractivity contribution in [2.24, 2.45) is 11.8 Å². The normalized spacial score (nSPS) is 19.8. The van der Waals surface area contributed by atoms with Crippen molar-refractivity contribution in [3.63, 3.8) is 0 Å². The summed E-state index contributed by atoms with van der Waals surface area (Å²) in [6.07, 6.45) is 3.13. The largest absolute Gasteiger partial charge is 0.294 e. The van der Waals surface area contributed by atoms with Crippen LogP contribution in [0.25, 0.3) is 0 Å². The number of allylic oxidation sites excluding steroid dienone is 2. The maximum Gasteiger partial charge on any atom is 0.166 e. The molecule has 0 aliphatic heterocycles. The Kier molecular flexibility index (Phi) is 5.56. The first-order valence-electron chi connectivity index (χ1n) is 10.1. The van der Waals surface area contributed by atoms with Gasteiger partial charge in [0.05, 0.1) is 0 Å². The summed E-state index contributed by atoms with van der Waals surface area (Å²) in [4.78, 5) is 13.4. The van der Waals surface area contributed by atoms with Crippen LogP contribution in [0, 0.1) is 11.8 Å². The smallest absolute Gasteiger partial charge is 0.166 e. The van der Waals surface area contributed by atoms with Crippen LogP contribution in [0.3, 0.4) is 0 Å². The van der Waals surface area contributed by atoms with Crippen LogP contribution in [0.4, 0.5) is 0 Å². The lowest BCUT2D eigenvalue weighted by molar-refractivity contribution is 0.0598. The highest BCUT2D eigenvalue weighted by molar-refractivity contribution is 9.10. The Bertz CT molecular complexity index is 976. The van der Waals surface area contributed by atoms with E-state index in [-0.39, 0.29) is 23.0 Å². The summed E-state index contributed by atoms with van der Waals surface area (Å²) < 4.78 is 0.992. The second kappa shape index (κ2) is 8.12. The Morgan fingerprint density at radius 1 is 0.862 bits per heavy atom. The van der Waals surface area contributed by atoms with Crippen LogP contribution in [-0.2, 0) is 5.41 Å². The van der Waals surface area contributed by atoms with Gasteiger partial charge < -0.3 is 0 Å². The van der Waals surface area contributed by atoms with E-state index in [0.717, 1.165) is 16.5 Å². The van der Waals surface area contributed by atoms with Crippen molar-refractivity contribution in [2.75, 3.05) is 0 Å². The van der Waals surface area contributed by atoms with E-state index in [9.17, 15) is 4.79 Å². The van der Waals surface area contributed by atoms with E-state index in [0.29, 0.717) is 0 Å². The molecule has 1 nitrogen and oxygen atoms in total. The van der Waals surface area contributed by atoms with Crippen molar-refractivity contribution in [1.29, 1.82) is 0 Å². The Morgan fingerprint density at radius 2 is 1.38 bits per heavy atom. The van der Waals surface area contributed by atoms with E-state index in [1.807, 2.05) is 24.3 Å². The van der Waals surface area contributed by atoms with Crippen LogP contribution in [-0.4, -0.2) is 5.78 Å². The average Bonchev–Trinajstić information content (AvgIpc) is 2.73. The highest BCUT2D eigenvalue weighted by atomic mass is 79.9. The number of halogens is 1. The van der Waals surface area contributed by atoms with Crippen LogP contribution < -0.4 is 0 Å². The molecular weight excluding hydrogens is 420 g/mol. The standard InChI is InChI=1S/C27H25BrO/c1-19(2)17-25-24(26(29)20-13-15-23(28)16-14-20)18-27(25,21-9-5-3-6-10-21)22-11-7-4-8-12-22/h3-17,24-25H,18H2,1-2H3. The second-order valence-electron chi connectivity index (χ2n) is 8.15. The summed E-state index contributed by atoms with van der Waals surface area (Å²) in [7, 11) is 0. The molecule has 4 rings (SSSR count). The lowest BCUT2D eigenvalue weighted by Gasteiger charge is -2.55. The zero-order valence-electron chi connectivity index (χ0n) is 16.8. The molecule has 2 heteroatoms. The highest BCUT2D eigenvalue weighted by Crippen LogP contribution is 2.58. The quantitative estimate of drug-likeness (QED) is 0.299. The van der Waals surface area contributed by atoms with Gasteiger partial charge >= 0.3 is 0 Å². The number of ketones is 1. The third kappa shape index (κ3) is 3.62. The molecule has 2 unspecified atom stereocenters. The summed E-state index contributed by atoms with van der Waals surface area (Å²) >= 11 is 3.47. The van der Waals surface area contributed by atoms with Crippen LogP contribution in [0.2, 0.25) is 0 Å². The minimum absolute atomic E-state index is 0.0218. The van der Waals surface area contributed by atoms with Gasteiger partial charge in [0.15, 0.2) is 5.78 Å². The number of Topliss-reactive ketones (excluding diaryl/α,β-unsaturated/α-hetero) is 1. The highest BCUT2D eigenvalue weighted by Gasteiger charge is 2.57. The topological polar surface area (TPSA) is 17.1 Å². The minimum Gasteiger partial charge on any atom is -0.294 e. The van der Waals surface area contributed by atoms with Crippen molar-refractivity contribution in [3.05, 3.63) is 118 Å².